The number of hydrogen-bond donors (Lipinski definition) is 1. The maximum Gasteiger partial charge on any atom is 0.357 e. The van der Waals surface area contributed by atoms with E-state index in [0.717, 1.165) is 5.69 Å². The first-order valence-corrected chi connectivity index (χ1v) is 6.92. The smallest absolute Gasteiger partial charge is 0.357 e. The van der Waals surface area contributed by atoms with Crippen molar-refractivity contribution in [2.24, 2.45) is 0 Å². The Labute approximate surface area is 125 Å². The zero-order valence-electron chi connectivity index (χ0n) is 11.6. The molecule has 2 rings (SSSR count). The first kappa shape index (κ1) is 15.0. The topological polar surface area (TPSA) is 77.5 Å². The van der Waals surface area contributed by atoms with Gasteiger partial charge in [-0.1, -0.05) is 18.2 Å². The van der Waals surface area contributed by atoms with Crippen LogP contribution in [0.1, 0.15) is 15.4 Å². The van der Waals surface area contributed by atoms with Gasteiger partial charge in [-0.3, -0.25) is 4.79 Å². The van der Waals surface area contributed by atoms with Crippen molar-refractivity contribution in [2.75, 3.05) is 19.5 Å². The van der Waals surface area contributed by atoms with E-state index in [4.69, 9.17) is 0 Å². The van der Waals surface area contributed by atoms with E-state index in [-0.39, 0.29) is 12.1 Å². The van der Waals surface area contributed by atoms with Crippen LogP contribution in [-0.2, 0) is 20.7 Å². The molecule has 1 N–H and O–H groups in total. The minimum Gasteiger partial charge on any atom is -0.469 e. The molecule has 1 aromatic carbocycles. The fourth-order valence-electron chi connectivity index (χ4n) is 1.63. The first-order chi connectivity index (χ1) is 10.1. The molecule has 0 atom stereocenters. The number of benzene rings is 1. The Morgan fingerprint density at radius 2 is 1.90 bits per heavy atom. The summed E-state index contributed by atoms with van der Waals surface area (Å²) >= 11 is 1.22. The van der Waals surface area contributed by atoms with Crippen LogP contribution in [0.5, 0.6) is 0 Å². The normalized spacial score (nSPS) is 10.0. The Balaban J connectivity index is 2.27. The molecule has 7 heteroatoms. The molecule has 0 saturated carbocycles. The lowest BCUT2D eigenvalue weighted by molar-refractivity contribution is -0.139. The second-order valence-electron chi connectivity index (χ2n) is 4.03. The molecule has 0 amide bonds. The number of ether oxygens (including phenoxy) is 2. The molecule has 0 radical (unpaired) electrons. The van der Waals surface area contributed by atoms with Crippen LogP contribution < -0.4 is 5.32 Å². The summed E-state index contributed by atoms with van der Waals surface area (Å²) in [7, 11) is 2.57. The summed E-state index contributed by atoms with van der Waals surface area (Å²) in [4.78, 5) is 27.8. The van der Waals surface area contributed by atoms with E-state index in [2.05, 4.69) is 19.8 Å². The van der Waals surface area contributed by atoms with Crippen LogP contribution in [0, 0.1) is 0 Å². The van der Waals surface area contributed by atoms with Gasteiger partial charge < -0.3 is 14.8 Å². The zero-order chi connectivity index (χ0) is 15.2. The molecule has 1 aromatic heterocycles. The lowest BCUT2D eigenvalue weighted by atomic mass is 10.3. The summed E-state index contributed by atoms with van der Waals surface area (Å²) in [5.41, 5.74) is 0.971. The number of carbonyl (C=O) groups is 2. The van der Waals surface area contributed by atoms with E-state index in [9.17, 15) is 9.59 Å². The van der Waals surface area contributed by atoms with Crippen molar-refractivity contribution in [3.05, 3.63) is 40.9 Å². The van der Waals surface area contributed by atoms with Crippen LogP contribution in [0.2, 0.25) is 0 Å². The van der Waals surface area contributed by atoms with Crippen LogP contribution in [-0.4, -0.2) is 31.1 Å². The molecule has 0 saturated heterocycles. The Bertz CT molecular complexity index is 640. The van der Waals surface area contributed by atoms with Gasteiger partial charge in [0.2, 0.25) is 0 Å². The van der Waals surface area contributed by atoms with Crippen molar-refractivity contribution in [3.63, 3.8) is 0 Å². The average molecular weight is 306 g/mol. The summed E-state index contributed by atoms with van der Waals surface area (Å²) in [6.45, 7) is 0. The van der Waals surface area contributed by atoms with Gasteiger partial charge in [0.1, 0.15) is 0 Å². The van der Waals surface area contributed by atoms with Crippen LogP contribution in [0.15, 0.2) is 30.3 Å². The molecule has 1 heterocycles. The van der Waals surface area contributed by atoms with Crippen molar-refractivity contribution >= 4 is 34.1 Å². The number of hydrogen-bond acceptors (Lipinski definition) is 7. The van der Waals surface area contributed by atoms with Crippen LogP contribution >= 0.6 is 11.3 Å². The third-order valence-corrected chi connectivity index (χ3v) is 3.60. The Hall–Kier alpha value is -2.41. The Morgan fingerprint density at radius 1 is 1.19 bits per heavy atom. The van der Waals surface area contributed by atoms with Gasteiger partial charge in [0, 0.05) is 5.69 Å². The number of anilines is 2. The third-order valence-electron chi connectivity index (χ3n) is 2.63. The number of aromatic nitrogens is 1. The molecule has 0 aliphatic rings. The lowest BCUT2D eigenvalue weighted by Crippen LogP contribution is -2.09. The van der Waals surface area contributed by atoms with Gasteiger partial charge in [0.15, 0.2) is 10.8 Å². The van der Waals surface area contributed by atoms with Crippen molar-refractivity contribution in [1.29, 1.82) is 0 Å². The number of methoxy groups -OCH3 is 2. The molecular weight excluding hydrogens is 292 g/mol. The molecule has 0 fully saturated rings. The maximum absolute atomic E-state index is 11.7. The monoisotopic (exact) mass is 306 g/mol. The van der Waals surface area contributed by atoms with E-state index in [1.54, 1.807) is 0 Å². The summed E-state index contributed by atoms with van der Waals surface area (Å²) in [5, 5.41) is 3.60. The number of rotatable bonds is 5. The van der Waals surface area contributed by atoms with Crippen LogP contribution in [0.3, 0.4) is 0 Å². The first-order valence-electron chi connectivity index (χ1n) is 6.11. The molecule has 0 spiro atoms. The van der Waals surface area contributed by atoms with Crippen LogP contribution in [0.25, 0.3) is 0 Å². The van der Waals surface area contributed by atoms with Crippen molar-refractivity contribution in [1.82, 2.24) is 4.98 Å². The molecule has 0 unspecified atom stereocenters. The number of carbonyl (C=O) groups excluding carboxylic acids is 2. The van der Waals surface area contributed by atoms with Gasteiger partial charge in [0.05, 0.1) is 25.5 Å². The molecule has 110 valence electrons. The predicted octanol–water partition coefficient (Wildman–Crippen LogP) is 2.39. The fraction of sp³-hybridized carbons (Fsp3) is 0.214. The third kappa shape index (κ3) is 3.79. The Kier molecular flexibility index (Phi) is 4.89. The quantitative estimate of drug-likeness (QED) is 0.855. The van der Waals surface area contributed by atoms with Crippen molar-refractivity contribution < 1.29 is 19.1 Å². The second kappa shape index (κ2) is 6.85. The molecular formula is C14H14N2O4S. The minimum absolute atomic E-state index is 0.0188. The van der Waals surface area contributed by atoms with Gasteiger partial charge in [-0.15, -0.1) is 11.3 Å². The molecule has 0 aliphatic carbocycles. The molecule has 0 bridgehead atoms. The number of thiazole rings is 1. The molecule has 21 heavy (non-hydrogen) atoms. The van der Waals surface area contributed by atoms with E-state index in [0.29, 0.717) is 10.0 Å². The van der Waals surface area contributed by atoms with Gasteiger partial charge in [-0.2, -0.15) is 0 Å². The van der Waals surface area contributed by atoms with E-state index in [1.165, 1.54) is 25.6 Å². The number of nitrogens with one attached hydrogen (secondary N) is 1. The largest absolute Gasteiger partial charge is 0.469 e. The van der Waals surface area contributed by atoms with E-state index in [1.807, 2.05) is 30.3 Å². The second-order valence-corrected chi connectivity index (χ2v) is 5.11. The minimum atomic E-state index is -0.578. The molecule has 2 aromatic rings. The maximum atomic E-state index is 11.7. The summed E-state index contributed by atoms with van der Waals surface area (Å²) in [5.74, 6) is -1.01. The summed E-state index contributed by atoms with van der Waals surface area (Å²) < 4.78 is 9.30. The number of para-hydroxylation sites is 1. The highest BCUT2D eigenvalue weighted by molar-refractivity contribution is 7.16. The summed E-state index contributed by atoms with van der Waals surface area (Å²) in [6, 6.07) is 9.41. The zero-order valence-corrected chi connectivity index (χ0v) is 12.4. The highest BCUT2D eigenvalue weighted by Crippen LogP contribution is 2.27. The highest BCUT2D eigenvalue weighted by atomic mass is 32.1. The standard InChI is InChI=1S/C14H14N2O4S/c1-19-11(17)8-10-12(13(18)20-2)16-14(21-10)15-9-6-4-3-5-7-9/h3-7H,8H2,1-2H3,(H,15,16). The SMILES string of the molecule is COC(=O)Cc1sc(Nc2ccccc2)nc1C(=O)OC. The van der Waals surface area contributed by atoms with E-state index < -0.39 is 11.9 Å². The van der Waals surface area contributed by atoms with Crippen molar-refractivity contribution in [3.8, 4) is 0 Å². The van der Waals surface area contributed by atoms with Gasteiger partial charge in [-0.25, -0.2) is 9.78 Å². The average Bonchev–Trinajstić information content (AvgIpc) is 2.89. The van der Waals surface area contributed by atoms with E-state index >= 15 is 0 Å². The summed E-state index contributed by atoms with van der Waals surface area (Å²) in [6.07, 6.45) is -0.0188. The number of nitrogens with zero attached hydrogens (tertiary/aromatic N) is 1. The van der Waals surface area contributed by atoms with Gasteiger partial charge >= 0.3 is 11.9 Å². The predicted molar refractivity (Wildman–Crippen MR) is 78.9 cm³/mol. The van der Waals surface area contributed by atoms with Gasteiger partial charge in [0.25, 0.3) is 0 Å². The fourth-order valence-corrected chi connectivity index (χ4v) is 2.58. The number of esters is 2. The van der Waals surface area contributed by atoms with Gasteiger partial charge in [-0.05, 0) is 12.1 Å². The molecule has 0 aliphatic heterocycles. The van der Waals surface area contributed by atoms with Crippen molar-refractivity contribution in [2.45, 2.75) is 6.42 Å². The Morgan fingerprint density at radius 3 is 2.52 bits per heavy atom. The lowest BCUT2D eigenvalue weighted by Gasteiger charge is -2.00. The molecule has 6 nitrogen and oxygen atoms in total. The van der Waals surface area contributed by atoms with Crippen LogP contribution in [0.4, 0.5) is 10.8 Å². The highest BCUT2D eigenvalue weighted by Gasteiger charge is 2.21.